The van der Waals surface area contributed by atoms with Crippen molar-refractivity contribution in [3.8, 4) is 0 Å². The number of esters is 1. The van der Waals surface area contributed by atoms with Crippen LogP contribution in [0.3, 0.4) is 0 Å². The maximum atomic E-state index is 17.3. The molecule has 0 aromatic rings. The average molecular weight is 704 g/mol. The first-order valence-corrected chi connectivity index (χ1v) is 16.1. The lowest BCUT2D eigenvalue weighted by Crippen LogP contribution is -2.68. The number of nitrogens with zero attached hydrogens (tertiary/aromatic N) is 2. The standard InChI is InChI=1S/C31H46FN3O14/c1-28-10-9-19(36)12-18(28)7-8-21-22-13-23(37)30(3,29(22,2)14-24(38)31(21,28)32)25(39)17-47-27(41)33-15-26(40)46-11-5-4-6-20(49-35(44)45)16-48-34(42)43/h9-10,12,20-24,37-38,42-45H,4-8,11,13-17H2,1-3H3,(H,33,41)/t20?,21-,22-,23+,24-,28-,29-,30-,31-/m0/s1. The summed E-state index contributed by atoms with van der Waals surface area (Å²) >= 11 is 0. The lowest BCUT2D eigenvalue weighted by molar-refractivity contribution is -0.527. The van der Waals surface area contributed by atoms with Crippen molar-refractivity contribution in [2.24, 2.45) is 28.1 Å². The fraction of sp³-hybridized carbons (Fsp3) is 0.742. The van der Waals surface area contributed by atoms with Gasteiger partial charge in [0.2, 0.25) is 0 Å². The molecule has 1 amide bonds. The quantitative estimate of drug-likeness (QED) is 0.0729. The van der Waals surface area contributed by atoms with Gasteiger partial charge in [0.15, 0.2) is 23.8 Å². The monoisotopic (exact) mass is 703 g/mol. The Balaban J connectivity index is 1.26. The normalized spacial score (nSPS) is 35.7. The van der Waals surface area contributed by atoms with E-state index < -0.39 is 100 Å². The number of carbonyl (C=O) groups is 4. The van der Waals surface area contributed by atoms with Crippen molar-refractivity contribution >= 4 is 23.6 Å². The van der Waals surface area contributed by atoms with E-state index in [-0.39, 0.29) is 38.1 Å². The molecule has 0 aliphatic heterocycles. The number of ketones is 2. The fourth-order valence-electron chi connectivity index (χ4n) is 8.59. The molecule has 49 heavy (non-hydrogen) atoms. The number of carbonyl (C=O) groups excluding carboxylic acids is 4. The van der Waals surface area contributed by atoms with Crippen LogP contribution in [0.4, 0.5) is 9.18 Å². The predicted octanol–water partition coefficient (Wildman–Crippen LogP) is 1.74. The molecular formula is C31H46FN3O14. The molecule has 4 rings (SSSR count). The topological polar surface area (TPSA) is 245 Å². The molecule has 0 aromatic carbocycles. The number of amides is 1. The van der Waals surface area contributed by atoms with Gasteiger partial charge in [-0.1, -0.05) is 18.6 Å². The van der Waals surface area contributed by atoms with Crippen LogP contribution < -0.4 is 5.32 Å². The number of alkyl halides is 1. The molecule has 0 bridgehead atoms. The van der Waals surface area contributed by atoms with Crippen LogP contribution in [0.2, 0.25) is 0 Å². The number of ether oxygens (including phenoxy) is 2. The summed E-state index contributed by atoms with van der Waals surface area (Å²) in [5.41, 5.74) is -5.28. The Bertz CT molecular complexity index is 1330. The summed E-state index contributed by atoms with van der Waals surface area (Å²) < 4.78 is 27.4. The number of Topliss-reactive ketones (excluding diaryl/α,β-unsaturated/α-hetero) is 1. The van der Waals surface area contributed by atoms with E-state index in [1.807, 2.05) is 0 Å². The number of aliphatic hydroxyl groups is 2. The Hall–Kier alpha value is -2.91. The smallest absolute Gasteiger partial charge is 0.408 e. The molecule has 7 N–H and O–H groups in total. The second kappa shape index (κ2) is 15.1. The molecule has 4 aliphatic rings. The van der Waals surface area contributed by atoms with Crippen molar-refractivity contribution < 1.29 is 73.8 Å². The van der Waals surface area contributed by atoms with Crippen molar-refractivity contribution in [1.82, 2.24) is 16.1 Å². The van der Waals surface area contributed by atoms with Crippen LogP contribution in [-0.4, -0.2) is 116 Å². The number of rotatable bonds is 15. The molecule has 4 aliphatic carbocycles. The van der Waals surface area contributed by atoms with Crippen molar-refractivity contribution in [3.63, 3.8) is 0 Å². The number of allylic oxidation sites excluding steroid dienone is 4. The van der Waals surface area contributed by atoms with Gasteiger partial charge in [0.1, 0.15) is 19.3 Å². The van der Waals surface area contributed by atoms with Crippen molar-refractivity contribution in [2.75, 3.05) is 26.4 Å². The molecule has 18 heteroatoms. The van der Waals surface area contributed by atoms with Crippen LogP contribution >= 0.6 is 0 Å². The van der Waals surface area contributed by atoms with E-state index in [0.717, 1.165) is 0 Å². The number of halogens is 1. The molecule has 276 valence electrons. The van der Waals surface area contributed by atoms with Crippen LogP contribution in [0.25, 0.3) is 0 Å². The zero-order valence-electron chi connectivity index (χ0n) is 27.6. The van der Waals surface area contributed by atoms with Crippen LogP contribution in [0.1, 0.15) is 65.7 Å². The molecular weight excluding hydrogens is 657 g/mol. The molecule has 3 fully saturated rings. The van der Waals surface area contributed by atoms with Gasteiger partial charge in [-0.25, -0.2) is 18.9 Å². The maximum Gasteiger partial charge on any atom is 0.408 e. The predicted molar refractivity (Wildman–Crippen MR) is 159 cm³/mol. The molecule has 0 saturated heterocycles. The largest absolute Gasteiger partial charge is 0.464 e. The number of aliphatic hydroxyl groups excluding tert-OH is 2. The first kappa shape index (κ1) is 38.9. The van der Waals surface area contributed by atoms with E-state index in [4.69, 9.17) is 30.3 Å². The van der Waals surface area contributed by atoms with Gasteiger partial charge in [-0.2, -0.15) is 0 Å². The molecule has 0 heterocycles. The lowest BCUT2D eigenvalue weighted by atomic mass is 9.43. The zero-order chi connectivity index (χ0) is 36.4. The maximum absolute atomic E-state index is 17.3. The number of fused-ring (bicyclic) bond motifs is 5. The Morgan fingerprint density at radius 3 is 2.43 bits per heavy atom. The third-order valence-electron chi connectivity index (χ3n) is 11.5. The van der Waals surface area contributed by atoms with Gasteiger partial charge in [-0.05, 0) is 82.3 Å². The first-order chi connectivity index (χ1) is 22.9. The van der Waals surface area contributed by atoms with Crippen LogP contribution in [-0.2, 0) is 33.5 Å². The van der Waals surface area contributed by atoms with E-state index in [1.165, 1.54) is 18.2 Å². The Morgan fingerprint density at radius 1 is 1.04 bits per heavy atom. The second-order valence-electron chi connectivity index (χ2n) is 13.8. The van der Waals surface area contributed by atoms with Gasteiger partial charge in [0.25, 0.3) is 0 Å². The summed E-state index contributed by atoms with van der Waals surface area (Å²) in [6.07, 6.45) is 0.957. The van der Waals surface area contributed by atoms with E-state index >= 15 is 4.39 Å². The molecule has 0 radical (unpaired) electrons. The summed E-state index contributed by atoms with van der Waals surface area (Å²) in [4.78, 5) is 59.1. The zero-order valence-corrected chi connectivity index (χ0v) is 27.6. The first-order valence-electron chi connectivity index (χ1n) is 16.1. The minimum absolute atomic E-state index is 0.0795. The average Bonchev–Trinajstić information content (AvgIpc) is 3.23. The van der Waals surface area contributed by atoms with Crippen LogP contribution in [0.5, 0.6) is 0 Å². The van der Waals surface area contributed by atoms with Gasteiger partial charge in [0, 0.05) is 11.3 Å². The van der Waals surface area contributed by atoms with E-state index in [0.29, 0.717) is 24.8 Å². The highest BCUT2D eigenvalue weighted by molar-refractivity contribution is 6.01. The molecule has 3 saturated carbocycles. The van der Waals surface area contributed by atoms with Crippen molar-refractivity contribution in [1.29, 1.82) is 0 Å². The highest BCUT2D eigenvalue weighted by Gasteiger charge is 2.75. The third kappa shape index (κ3) is 7.44. The minimum Gasteiger partial charge on any atom is -0.464 e. The molecule has 0 spiro atoms. The van der Waals surface area contributed by atoms with Crippen LogP contribution in [0, 0.1) is 28.1 Å². The number of nitrogens with one attached hydrogen (secondary N) is 1. The molecule has 17 nitrogen and oxygen atoms in total. The number of hydrogen-bond donors (Lipinski definition) is 7. The lowest BCUT2D eigenvalue weighted by Gasteiger charge is -2.62. The van der Waals surface area contributed by atoms with Gasteiger partial charge >= 0.3 is 12.1 Å². The summed E-state index contributed by atoms with van der Waals surface area (Å²) in [6, 6.07) is 0. The Morgan fingerprint density at radius 2 is 1.76 bits per heavy atom. The van der Waals surface area contributed by atoms with Crippen molar-refractivity contribution in [2.45, 2.75) is 89.7 Å². The van der Waals surface area contributed by atoms with E-state index in [2.05, 4.69) is 15.0 Å². The summed E-state index contributed by atoms with van der Waals surface area (Å²) in [5.74, 6) is -2.87. The van der Waals surface area contributed by atoms with Gasteiger partial charge < -0.3 is 25.0 Å². The highest BCUT2D eigenvalue weighted by atomic mass is 19.1. The SMILES string of the molecule is C[C@]12C=CC(=O)C=C1CC[C@H]1[C@@H]3C[C@@H](O)[C@@](C)(C(=O)COC(=O)NCC(=O)OCCCCC(CON(O)O)ON(O)O)[C@@]3(C)C[C@H](O)[C@@]12F. The summed E-state index contributed by atoms with van der Waals surface area (Å²) in [6.45, 7) is 3.13. The molecule has 0 aromatic heterocycles. The highest BCUT2D eigenvalue weighted by Crippen LogP contribution is 2.71. The molecule has 1 unspecified atom stereocenters. The molecule has 9 atom stereocenters. The van der Waals surface area contributed by atoms with Crippen molar-refractivity contribution in [3.05, 3.63) is 23.8 Å². The van der Waals surface area contributed by atoms with E-state index in [9.17, 15) is 29.4 Å². The number of unbranched alkanes of at least 4 members (excludes halogenated alkanes) is 1. The Labute approximate surface area is 281 Å². The number of alkyl carbamates (subject to hydrolysis) is 1. The van der Waals surface area contributed by atoms with Crippen LogP contribution in [0.15, 0.2) is 23.8 Å². The third-order valence-corrected chi connectivity index (χ3v) is 11.5. The van der Waals surface area contributed by atoms with Gasteiger partial charge in [0.05, 0.1) is 35.0 Å². The second-order valence-corrected chi connectivity index (χ2v) is 13.8. The minimum atomic E-state index is -2.13. The van der Waals surface area contributed by atoms with Gasteiger partial charge in [-0.3, -0.25) is 35.2 Å². The van der Waals surface area contributed by atoms with Gasteiger partial charge in [-0.15, -0.1) is 0 Å². The summed E-state index contributed by atoms with van der Waals surface area (Å²) in [5, 5.41) is 58.6. The number of hydrogen-bond acceptors (Lipinski definition) is 16. The summed E-state index contributed by atoms with van der Waals surface area (Å²) in [7, 11) is 0. The van der Waals surface area contributed by atoms with E-state index in [1.54, 1.807) is 20.8 Å². The fourth-order valence-corrected chi connectivity index (χ4v) is 8.59. The Kier molecular flexibility index (Phi) is 12.0.